The second-order valence-corrected chi connectivity index (χ2v) is 27.8. The lowest BCUT2D eigenvalue weighted by molar-refractivity contribution is -0.364. The van der Waals surface area contributed by atoms with E-state index in [1.807, 2.05) is 27.7 Å². The molecule has 89 heavy (non-hydrogen) atoms. The normalized spacial score (nSPS) is 53.5. The summed E-state index contributed by atoms with van der Waals surface area (Å²) in [5.74, 6) is -0.884. The third-order valence-electron chi connectivity index (χ3n) is 22.4. The molecule has 2 bridgehead atoms. The van der Waals surface area contributed by atoms with E-state index in [-0.39, 0.29) is 60.3 Å². The first-order chi connectivity index (χ1) is 42.3. The number of hydrogen-bond donors (Lipinski definition) is 5. The summed E-state index contributed by atoms with van der Waals surface area (Å²) in [5.41, 5.74) is -0.890. The van der Waals surface area contributed by atoms with Crippen LogP contribution in [0, 0.1) is 28.6 Å². The van der Waals surface area contributed by atoms with Crippen molar-refractivity contribution in [3.8, 4) is 0 Å². The molecule has 11 fully saturated rings. The Bertz CT molecular complexity index is 2360. The molecule has 0 unspecified atom stereocenters. The number of aliphatic hydroxyl groups is 5. The van der Waals surface area contributed by atoms with E-state index in [1.54, 1.807) is 35.2 Å². The SMILES string of the molecule is CO[C@@H]1[C@H](O[C@H]2[C@@H](O)C[C@H](O[C@@H]3[C@@H](C)O[C@@H](O[C@H]4[C@@H](OC)C[C@H](O[C@H]5[C@@H](OC)C[C@H](O[C@H]6CC[C@@]7(C)[C@@H](CC[C@@]89O[C@@H](C)[C@@H]%10C[C@H](OC(C)=O)C(=O)[C@]%10(C)[C@@H](C[C@@H]87)O9)C6)O[C@@H]5C)O[C@@H]4C)C[C@H]3OC)O[C@@H]2C)O[C@H](C)C[C@H]1O[C@@H]1O[C@H](CO)[C@@H](O)[C@H](O)[C@H]1O. The van der Waals surface area contributed by atoms with Crippen molar-refractivity contribution >= 4 is 11.8 Å². The van der Waals surface area contributed by atoms with Crippen LogP contribution in [0.15, 0.2) is 0 Å². The van der Waals surface area contributed by atoms with Crippen LogP contribution in [0.1, 0.15) is 139 Å². The van der Waals surface area contributed by atoms with Crippen LogP contribution >= 0.6 is 0 Å². The van der Waals surface area contributed by atoms with Gasteiger partial charge in [-0.05, 0) is 98.3 Å². The van der Waals surface area contributed by atoms with Crippen molar-refractivity contribution in [3.63, 3.8) is 0 Å². The molecular weight excluding hydrogens is 1170 g/mol. The number of ether oxygens (including phenoxy) is 19. The zero-order chi connectivity index (χ0) is 63.8. The molecule has 3 aliphatic carbocycles. The van der Waals surface area contributed by atoms with Gasteiger partial charge in [0.1, 0.15) is 54.9 Å². The van der Waals surface area contributed by atoms with Crippen LogP contribution in [0.4, 0.5) is 0 Å². The van der Waals surface area contributed by atoms with E-state index in [1.165, 1.54) is 14.0 Å². The van der Waals surface area contributed by atoms with E-state index in [0.717, 1.165) is 38.5 Å². The maximum Gasteiger partial charge on any atom is 0.303 e. The molecule has 0 amide bonds. The molecule has 8 aliphatic heterocycles. The molecule has 510 valence electrons. The molecule has 26 nitrogen and oxygen atoms in total. The number of rotatable bonds is 18. The van der Waals surface area contributed by atoms with Crippen molar-refractivity contribution in [1.82, 2.24) is 0 Å². The number of methoxy groups -OCH3 is 4. The number of fused-ring (bicyclic) bond motifs is 5. The largest absolute Gasteiger partial charge is 0.455 e. The summed E-state index contributed by atoms with van der Waals surface area (Å²) in [5, 5.41) is 52.7. The second-order valence-electron chi connectivity index (χ2n) is 27.8. The maximum absolute atomic E-state index is 14.1. The topological polar surface area (TPSA) is 311 Å². The number of carbonyl (C=O) groups is 2. The van der Waals surface area contributed by atoms with Crippen LogP contribution in [0.3, 0.4) is 0 Å². The molecule has 0 aromatic rings. The van der Waals surface area contributed by atoms with Gasteiger partial charge in [0.25, 0.3) is 0 Å². The Balaban J connectivity index is 0.636. The fourth-order valence-electron chi connectivity index (χ4n) is 17.6. The highest BCUT2D eigenvalue weighted by molar-refractivity contribution is 5.93. The van der Waals surface area contributed by atoms with E-state index in [9.17, 15) is 35.1 Å². The summed E-state index contributed by atoms with van der Waals surface area (Å²) in [6.45, 7) is 16.5. The summed E-state index contributed by atoms with van der Waals surface area (Å²) < 4.78 is 121. The number of aliphatic hydroxyl groups excluding tert-OH is 5. The molecule has 11 aliphatic rings. The predicted octanol–water partition coefficient (Wildman–Crippen LogP) is 2.84. The van der Waals surface area contributed by atoms with Crippen molar-refractivity contribution in [2.24, 2.45) is 28.6 Å². The summed E-state index contributed by atoms with van der Waals surface area (Å²) in [6.07, 6.45) is -14.7. The van der Waals surface area contributed by atoms with Gasteiger partial charge in [-0.25, -0.2) is 0 Å². The van der Waals surface area contributed by atoms with Crippen molar-refractivity contribution < 1.29 is 125 Å². The Hall–Kier alpha value is -1.78. The Morgan fingerprint density at radius 1 is 0.539 bits per heavy atom. The maximum atomic E-state index is 14.1. The number of esters is 1. The Morgan fingerprint density at radius 3 is 1.64 bits per heavy atom. The van der Waals surface area contributed by atoms with E-state index < -0.39 is 177 Å². The van der Waals surface area contributed by atoms with Crippen LogP contribution in [0.25, 0.3) is 0 Å². The molecule has 0 aromatic heterocycles. The van der Waals surface area contributed by atoms with E-state index in [2.05, 4.69) is 13.8 Å². The highest BCUT2D eigenvalue weighted by Gasteiger charge is 2.72. The van der Waals surface area contributed by atoms with Gasteiger partial charge in [0, 0.05) is 85.7 Å². The molecular formula is C63H102O26. The zero-order valence-corrected chi connectivity index (χ0v) is 54.0. The van der Waals surface area contributed by atoms with Gasteiger partial charge in [0.2, 0.25) is 0 Å². The summed E-state index contributed by atoms with van der Waals surface area (Å²) in [7, 11) is 6.36. The van der Waals surface area contributed by atoms with E-state index >= 15 is 0 Å². The summed E-state index contributed by atoms with van der Waals surface area (Å²) in [4.78, 5) is 26.0. The predicted molar refractivity (Wildman–Crippen MR) is 305 cm³/mol. The lowest BCUT2D eigenvalue weighted by Gasteiger charge is -2.57. The number of Topliss-reactive ketones (excluding diaryl/α,β-unsaturated/α-hetero) is 1. The van der Waals surface area contributed by atoms with Crippen LogP contribution in [0.2, 0.25) is 0 Å². The number of hydrogen-bond acceptors (Lipinski definition) is 26. The van der Waals surface area contributed by atoms with Gasteiger partial charge in [-0.1, -0.05) is 6.92 Å². The Labute approximate surface area is 522 Å². The second kappa shape index (κ2) is 27.7. The third-order valence-corrected chi connectivity index (χ3v) is 22.4. The van der Waals surface area contributed by atoms with Gasteiger partial charge in [0.15, 0.2) is 55.4 Å². The first-order valence-electron chi connectivity index (χ1n) is 32.7. The molecule has 3 saturated carbocycles. The lowest BCUT2D eigenvalue weighted by Crippen LogP contribution is -2.62. The highest BCUT2D eigenvalue weighted by atomic mass is 16.8. The van der Waals surface area contributed by atoms with Crippen LogP contribution < -0.4 is 0 Å². The van der Waals surface area contributed by atoms with E-state index in [0.29, 0.717) is 31.6 Å². The summed E-state index contributed by atoms with van der Waals surface area (Å²) in [6, 6.07) is 0. The van der Waals surface area contributed by atoms with Gasteiger partial charge in [-0.15, -0.1) is 0 Å². The minimum atomic E-state index is -1.63. The number of ketones is 1. The first-order valence-corrected chi connectivity index (χ1v) is 32.7. The molecule has 5 N–H and O–H groups in total. The first kappa shape index (κ1) is 68.6. The van der Waals surface area contributed by atoms with Crippen LogP contribution in [-0.4, -0.2) is 256 Å². The average Bonchev–Trinajstić information content (AvgIpc) is 1.55. The molecule has 8 heterocycles. The lowest BCUT2D eigenvalue weighted by atomic mass is 9.52. The van der Waals surface area contributed by atoms with Gasteiger partial charge in [-0.2, -0.15) is 0 Å². The summed E-state index contributed by atoms with van der Waals surface area (Å²) >= 11 is 0. The fourth-order valence-corrected chi connectivity index (χ4v) is 17.6. The Morgan fingerprint density at radius 2 is 1.10 bits per heavy atom. The van der Waals surface area contributed by atoms with Crippen molar-refractivity contribution in [3.05, 3.63) is 0 Å². The molecule has 35 atom stereocenters. The monoisotopic (exact) mass is 1270 g/mol. The van der Waals surface area contributed by atoms with Gasteiger partial charge < -0.3 is 116 Å². The fraction of sp³-hybridized carbons (Fsp3) is 0.968. The minimum Gasteiger partial charge on any atom is -0.455 e. The van der Waals surface area contributed by atoms with Gasteiger partial charge >= 0.3 is 5.97 Å². The van der Waals surface area contributed by atoms with E-state index in [4.69, 9.17) is 90.0 Å². The number of carbonyl (C=O) groups excluding carboxylic acids is 2. The van der Waals surface area contributed by atoms with Crippen LogP contribution in [0.5, 0.6) is 0 Å². The molecule has 26 heteroatoms. The Kier molecular flexibility index (Phi) is 21.4. The van der Waals surface area contributed by atoms with Crippen molar-refractivity contribution in [2.75, 3.05) is 35.0 Å². The minimum absolute atomic E-state index is 0.0209. The van der Waals surface area contributed by atoms with Gasteiger partial charge in [0.05, 0.1) is 91.4 Å². The standard InChI is InChI=1S/C63H102O26/c1-27-18-41(82-59-52(69)51(68)50(67)43(26-64)83-59)57(74-13)60(75-27)87-53-29(3)76-46(21-37(53)66)84-54-31(5)78-48(23-39(54)72-11)86-56-32(6)79-49(24-40(56)73-12)85-55-30(4)77-47(22-38(55)71-10)81-35-15-16-61(8)34(19-35)14-17-63-44(61)25-45(89-63)62(9)36(28(2)88-63)20-42(58(62)70)80-33(7)65/h27-32,34-57,59-60,64,66-69H,14-26H2,1-13H3/t27-,28+,29-,30-,31-,32-,34+,35+,36+,37+,38+,39-,40+,41-,42+,43-,44-,45-,46+,47+,48+,49+,50-,51+,52-,53-,54-,55-,56-,57+,59-,60+,61+,62+,63+/m1/s1. The van der Waals surface area contributed by atoms with Crippen molar-refractivity contribution in [1.29, 1.82) is 0 Å². The highest BCUT2D eigenvalue weighted by Crippen LogP contribution is 2.67. The van der Waals surface area contributed by atoms with Crippen LogP contribution in [-0.2, 0) is 99.6 Å². The smallest absolute Gasteiger partial charge is 0.303 e. The average molecular weight is 1280 g/mol. The molecule has 0 radical (unpaired) electrons. The van der Waals surface area contributed by atoms with Crippen molar-refractivity contribution in [2.45, 2.75) is 323 Å². The molecule has 0 aromatic carbocycles. The third kappa shape index (κ3) is 13.3. The molecule has 1 spiro atoms. The molecule has 8 saturated heterocycles. The van der Waals surface area contributed by atoms with Gasteiger partial charge in [-0.3, -0.25) is 9.59 Å². The molecule has 11 rings (SSSR count). The zero-order valence-electron chi connectivity index (χ0n) is 54.0. The quantitative estimate of drug-likeness (QED) is 0.0973.